The fourth-order valence-electron chi connectivity index (χ4n) is 2.32. The number of carbonyl (C=O) groups is 1. The Morgan fingerprint density at radius 1 is 1.40 bits per heavy atom. The lowest BCUT2D eigenvalue weighted by molar-refractivity contribution is -0.119. The summed E-state index contributed by atoms with van der Waals surface area (Å²) in [6, 6.07) is 6.18. The molecule has 1 aromatic carbocycles. The summed E-state index contributed by atoms with van der Waals surface area (Å²) in [5.74, 6) is 1.67. The van der Waals surface area contributed by atoms with Crippen LogP contribution in [0.5, 0.6) is 11.5 Å². The normalized spacial score (nSPS) is 17.9. The maximum atomic E-state index is 11.1. The van der Waals surface area contributed by atoms with Crippen molar-refractivity contribution in [2.24, 2.45) is 0 Å². The zero-order valence-electron chi connectivity index (χ0n) is 12.1. The molecule has 1 unspecified atom stereocenters. The van der Waals surface area contributed by atoms with E-state index in [9.17, 15) is 4.79 Å². The number of rotatable bonds is 7. The zero-order chi connectivity index (χ0) is 14.4. The molecular weight excluding hydrogens is 256 g/mol. The van der Waals surface area contributed by atoms with Gasteiger partial charge in [-0.1, -0.05) is 6.07 Å². The van der Waals surface area contributed by atoms with E-state index in [1.54, 1.807) is 7.11 Å². The fraction of sp³-hybridized carbons (Fsp3) is 0.533. The van der Waals surface area contributed by atoms with Gasteiger partial charge in [-0.2, -0.15) is 0 Å². The van der Waals surface area contributed by atoms with Crippen molar-refractivity contribution in [1.29, 1.82) is 0 Å². The third-order valence-electron chi connectivity index (χ3n) is 3.33. The first kappa shape index (κ1) is 14.7. The Hall–Kier alpha value is -1.75. The zero-order valence-corrected chi connectivity index (χ0v) is 12.1. The van der Waals surface area contributed by atoms with E-state index < -0.39 is 0 Å². The molecule has 110 valence electrons. The predicted molar refractivity (Wildman–Crippen MR) is 77.0 cm³/mol. The monoisotopic (exact) mass is 278 g/mol. The molecule has 0 aromatic heterocycles. The summed E-state index contributed by atoms with van der Waals surface area (Å²) in [6.45, 7) is 4.10. The van der Waals surface area contributed by atoms with Gasteiger partial charge in [-0.25, -0.2) is 0 Å². The standard InChI is InChI=1S/C15H22N2O3/c1-3-20-14-8-11(4-6-13(14)19-2)9-16-10-12-5-7-15(18)17-12/h4,6,8,12,16H,3,5,7,9-10H2,1-2H3,(H,17,18). The second-order valence-electron chi connectivity index (χ2n) is 4.85. The number of carbonyl (C=O) groups excluding carboxylic acids is 1. The van der Waals surface area contributed by atoms with Gasteiger partial charge in [0, 0.05) is 25.6 Å². The van der Waals surface area contributed by atoms with Crippen molar-refractivity contribution < 1.29 is 14.3 Å². The van der Waals surface area contributed by atoms with Gasteiger partial charge in [-0.05, 0) is 31.0 Å². The SMILES string of the molecule is CCOc1cc(CNCC2CCC(=O)N2)ccc1OC. The van der Waals surface area contributed by atoms with Gasteiger partial charge >= 0.3 is 0 Å². The van der Waals surface area contributed by atoms with Crippen molar-refractivity contribution in [3.05, 3.63) is 23.8 Å². The number of amides is 1. The van der Waals surface area contributed by atoms with E-state index in [1.807, 2.05) is 25.1 Å². The van der Waals surface area contributed by atoms with Crippen LogP contribution in [0.1, 0.15) is 25.3 Å². The molecule has 1 aliphatic rings. The highest BCUT2D eigenvalue weighted by Crippen LogP contribution is 2.27. The smallest absolute Gasteiger partial charge is 0.220 e. The van der Waals surface area contributed by atoms with Gasteiger partial charge < -0.3 is 20.1 Å². The summed E-state index contributed by atoms with van der Waals surface area (Å²) in [6.07, 6.45) is 1.56. The van der Waals surface area contributed by atoms with Gasteiger partial charge in [-0.3, -0.25) is 4.79 Å². The quantitative estimate of drug-likeness (QED) is 0.793. The highest BCUT2D eigenvalue weighted by atomic mass is 16.5. The topological polar surface area (TPSA) is 59.6 Å². The molecule has 0 bridgehead atoms. The molecule has 5 nitrogen and oxygen atoms in total. The van der Waals surface area contributed by atoms with Crippen LogP contribution < -0.4 is 20.1 Å². The van der Waals surface area contributed by atoms with Crippen LogP contribution in [0.2, 0.25) is 0 Å². The van der Waals surface area contributed by atoms with Crippen LogP contribution in [0.4, 0.5) is 0 Å². The first-order valence-electron chi connectivity index (χ1n) is 7.02. The number of benzene rings is 1. The minimum Gasteiger partial charge on any atom is -0.493 e. The summed E-state index contributed by atoms with van der Waals surface area (Å²) in [4.78, 5) is 11.1. The molecule has 0 radical (unpaired) electrons. The van der Waals surface area contributed by atoms with Gasteiger partial charge in [0.15, 0.2) is 11.5 Å². The average molecular weight is 278 g/mol. The molecule has 1 saturated heterocycles. The van der Waals surface area contributed by atoms with Crippen LogP contribution in [-0.2, 0) is 11.3 Å². The van der Waals surface area contributed by atoms with Crippen LogP contribution in [0, 0.1) is 0 Å². The molecule has 20 heavy (non-hydrogen) atoms. The van der Waals surface area contributed by atoms with Gasteiger partial charge in [0.05, 0.1) is 13.7 Å². The lowest BCUT2D eigenvalue weighted by Gasteiger charge is -2.13. The van der Waals surface area contributed by atoms with Crippen molar-refractivity contribution in [2.75, 3.05) is 20.3 Å². The number of ether oxygens (including phenoxy) is 2. The lowest BCUT2D eigenvalue weighted by Crippen LogP contribution is -2.35. The molecular formula is C15H22N2O3. The number of hydrogen-bond acceptors (Lipinski definition) is 4. The molecule has 1 atom stereocenters. The molecule has 1 aliphatic heterocycles. The van der Waals surface area contributed by atoms with Crippen LogP contribution in [0.25, 0.3) is 0 Å². The van der Waals surface area contributed by atoms with Gasteiger partial charge in [-0.15, -0.1) is 0 Å². The third kappa shape index (κ3) is 3.87. The molecule has 0 saturated carbocycles. The van der Waals surface area contributed by atoms with Crippen molar-refractivity contribution in [3.8, 4) is 11.5 Å². The van der Waals surface area contributed by atoms with Crippen molar-refractivity contribution in [3.63, 3.8) is 0 Å². The first-order valence-corrected chi connectivity index (χ1v) is 7.02. The highest BCUT2D eigenvalue weighted by molar-refractivity contribution is 5.78. The fourth-order valence-corrected chi connectivity index (χ4v) is 2.32. The average Bonchev–Trinajstić information content (AvgIpc) is 2.85. The summed E-state index contributed by atoms with van der Waals surface area (Å²) in [5, 5.41) is 6.30. The van der Waals surface area contributed by atoms with Crippen LogP contribution in [-0.4, -0.2) is 32.2 Å². The lowest BCUT2D eigenvalue weighted by atomic mass is 10.2. The molecule has 0 aliphatic carbocycles. The van der Waals surface area contributed by atoms with Crippen molar-refractivity contribution in [2.45, 2.75) is 32.4 Å². The van der Waals surface area contributed by atoms with E-state index in [1.165, 1.54) is 0 Å². The van der Waals surface area contributed by atoms with Crippen LogP contribution >= 0.6 is 0 Å². The summed E-state index contributed by atoms with van der Waals surface area (Å²) >= 11 is 0. The molecule has 0 spiro atoms. The summed E-state index contributed by atoms with van der Waals surface area (Å²) in [7, 11) is 1.64. The first-order chi connectivity index (χ1) is 9.72. The maximum absolute atomic E-state index is 11.1. The molecule has 1 aromatic rings. The number of hydrogen-bond donors (Lipinski definition) is 2. The van der Waals surface area contributed by atoms with Crippen molar-refractivity contribution in [1.82, 2.24) is 10.6 Å². The van der Waals surface area contributed by atoms with E-state index in [0.717, 1.165) is 36.6 Å². The third-order valence-corrected chi connectivity index (χ3v) is 3.33. The molecule has 2 N–H and O–H groups in total. The largest absolute Gasteiger partial charge is 0.493 e. The minimum absolute atomic E-state index is 0.153. The van der Waals surface area contributed by atoms with Crippen molar-refractivity contribution >= 4 is 5.91 Å². The van der Waals surface area contributed by atoms with Crippen LogP contribution in [0.15, 0.2) is 18.2 Å². The summed E-state index contributed by atoms with van der Waals surface area (Å²) in [5.41, 5.74) is 1.14. The molecule has 1 heterocycles. The van der Waals surface area contributed by atoms with E-state index in [4.69, 9.17) is 9.47 Å². The van der Waals surface area contributed by atoms with E-state index in [0.29, 0.717) is 13.0 Å². The Bertz CT molecular complexity index is 462. The number of methoxy groups -OCH3 is 1. The summed E-state index contributed by atoms with van der Waals surface area (Å²) < 4.78 is 10.8. The van der Waals surface area contributed by atoms with Gasteiger partial charge in [0.25, 0.3) is 0 Å². The highest BCUT2D eigenvalue weighted by Gasteiger charge is 2.19. The Kier molecular flexibility index (Phi) is 5.24. The Labute approximate surface area is 119 Å². The van der Waals surface area contributed by atoms with E-state index >= 15 is 0 Å². The Balaban J connectivity index is 1.86. The van der Waals surface area contributed by atoms with E-state index in [-0.39, 0.29) is 11.9 Å². The van der Waals surface area contributed by atoms with Crippen LogP contribution in [0.3, 0.4) is 0 Å². The Morgan fingerprint density at radius 2 is 2.25 bits per heavy atom. The van der Waals surface area contributed by atoms with E-state index in [2.05, 4.69) is 10.6 Å². The maximum Gasteiger partial charge on any atom is 0.220 e. The second kappa shape index (κ2) is 7.14. The molecule has 2 rings (SSSR count). The van der Waals surface area contributed by atoms with Gasteiger partial charge in [0.2, 0.25) is 5.91 Å². The Morgan fingerprint density at radius 3 is 2.90 bits per heavy atom. The molecule has 1 amide bonds. The predicted octanol–water partition coefficient (Wildman–Crippen LogP) is 1.46. The number of nitrogens with one attached hydrogen (secondary N) is 2. The van der Waals surface area contributed by atoms with Gasteiger partial charge in [0.1, 0.15) is 0 Å². The second-order valence-corrected chi connectivity index (χ2v) is 4.85. The minimum atomic E-state index is 0.153. The molecule has 5 heteroatoms. The molecule has 1 fully saturated rings.